The number of carboxylic acids is 1. The highest BCUT2D eigenvalue weighted by Crippen LogP contribution is 2.32. The number of halogens is 1. The van der Waals surface area contributed by atoms with Crippen molar-refractivity contribution in [2.24, 2.45) is 5.92 Å². The second kappa shape index (κ2) is 8.84. The third-order valence-corrected chi connectivity index (χ3v) is 3.99. The van der Waals surface area contributed by atoms with Crippen molar-refractivity contribution in [1.82, 2.24) is 10.6 Å². The number of aliphatic carboxylic acids is 1. The number of carbonyl (C=O) groups is 1. The van der Waals surface area contributed by atoms with Crippen LogP contribution in [0.25, 0.3) is 0 Å². The van der Waals surface area contributed by atoms with Crippen LogP contribution in [-0.2, 0) is 11.2 Å². The van der Waals surface area contributed by atoms with Gasteiger partial charge in [0.15, 0.2) is 0 Å². The first-order valence-corrected chi connectivity index (χ1v) is 8.14. The van der Waals surface area contributed by atoms with Gasteiger partial charge >= 0.3 is 5.97 Å². The zero-order chi connectivity index (χ0) is 16.7. The van der Waals surface area contributed by atoms with E-state index in [-0.39, 0.29) is 11.7 Å². The lowest BCUT2D eigenvalue weighted by atomic mass is 10.1. The Morgan fingerprint density at radius 2 is 2.22 bits per heavy atom. The summed E-state index contributed by atoms with van der Waals surface area (Å²) < 4.78 is 19.1. The molecule has 1 aliphatic rings. The molecule has 0 spiro atoms. The van der Waals surface area contributed by atoms with Gasteiger partial charge in [-0.3, -0.25) is 4.79 Å². The molecule has 5 nitrogen and oxygen atoms in total. The van der Waals surface area contributed by atoms with Crippen LogP contribution in [0.15, 0.2) is 18.2 Å². The van der Waals surface area contributed by atoms with Gasteiger partial charge in [0.25, 0.3) is 0 Å². The molecule has 0 heterocycles. The van der Waals surface area contributed by atoms with E-state index in [9.17, 15) is 9.18 Å². The number of ether oxygens (including phenoxy) is 1. The van der Waals surface area contributed by atoms with E-state index in [0.29, 0.717) is 18.9 Å². The predicted octanol–water partition coefficient (Wildman–Crippen LogP) is 1.81. The molecule has 0 unspecified atom stereocenters. The zero-order valence-electron chi connectivity index (χ0n) is 13.5. The van der Waals surface area contributed by atoms with Gasteiger partial charge in [0.2, 0.25) is 0 Å². The third kappa shape index (κ3) is 5.80. The normalized spacial score (nSPS) is 15.4. The summed E-state index contributed by atoms with van der Waals surface area (Å²) in [5, 5.41) is 15.2. The molecule has 0 aromatic heterocycles. The van der Waals surface area contributed by atoms with Gasteiger partial charge in [0.1, 0.15) is 24.2 Å². The van der Waals surface area contributed by atoms with Crippen molar-refractivity contribution < 1.29 is 19.0 Å². The van der Waals surface area contributed by atoms with Gasteiger partial charge in [0, 0.05) is 12.6 Å². The SMILES string of the molecule is CNCCCc1ccc(F)cc1OCCN[C@H](C(=O)O)C1CC1. The molecular weight excluding hydrogens is 299 g/mol. The van der Waals surface area contributed by atoms with E-state index in [1.54, 1.807) is 6.07 Å². The summed E-state index contributed by atoms with van der Waals surface area (Å²) in [4.78, 5) is 11.1. The van der Waals surface area contributed by atoms with E-state index in [1.807, 2.05) is 7.05 Å². The van der Waals surface area contributed by atoms with Gasteiger partial charge in [-0.05, 0) is 56.8 Å². The van der Waals surface area contributed by atoms with Crippen molar-refractivity contribution in [2.45, 2.75) is 31.7 Å². The highest BCUT2D eigenvalue weighted by Gasteiger charge is 2.35. The van der Waals surface area contributed by atoms with Gasteiger partial charge in [-0.15, -0.1) is 0 Å². The van der Waals surface area contributed by atoms with Crippen molar-refractivity contribution in [2.75, 3.05) is 26.7 Å². The summed E-state index contributed by atoms with van der Waals surface area (Å²) in [6, 6.07) is 4.08. The Balaban J connectivity index is 1.81. The summed E-state index contributed by atoms with van der Waals surface area (Å²) in [7, 11) is 1.90. The fraction of sp³-hybridized carbons (Fsp3) is 0.588. The Morgan fingerprint density at radius 3 is 2.87 bits per heavy atom. The molecule has 0 aliphatic heterocycles. The standard InChI is InChI=1S/C17H25FN2O3/c1-19-8-2-3-12-6-7-14(18)11-15(12)23-10-9-20-16(17(21)22)13-4-5-13/h6-7,11,13,16,19-20H,2-5,8-10H2,1H3,(H,21,22)/t16-/m0/s1. The molecule has 0 radical (unpaired) electrons. The molecule has 0 bridgehead atoms. The lowest BCUT2D eigenvalue weighted by Gasteiger charge is -2.15. The number of rotatable bonds is 11. The van der Waals surface area contributed by atoms with Crippen LogP contribution >= 0.6 is 0 Å². The minimum atomic E-state index is -0.814. The average molecular weight is 324 g/mol. The highest BCUT2D eigenvalue weighted by atomic mass is 19.1. The molecule has 1 aromatic rings. The van der Waals surface area contributed by atoms with E-state index in [4.69, 9.17) is 9.84 Å². The van der Waals surface area contributed by atoms with Crippen molar-refractivity contribution in [3.8, 4) is 5.75 Å². The second-order valence-corrected chi connectivity index (χ2v) is 5.92. The molecule has 1 saturated carbocycles. The number of aryl methyl sites for hydroxylation is 1. The Bertz CT molecular complexity index is 521. The Kier molecular flexibility index (Phi) is 6.80. The first kappa shape index (κ1) is 17.7. The molecule has 0 saturated heterocycles. The molecule has 2 rings (SSSR count). The largest absolute Gasteiger partial charge is 0.492 e. The van der Waals surface area contributed by atoms with Crippen LogP contribution in [0.1, 0.15) is 24.8 Å². The summed E-state index contributed by atoms with van der Waals surface area (Å²) in [6.07, 6.45) is 3.68. The highest BCUT2D eigenvalue weighted by molar-refractivity contribution is 5.74. The molecular formula is C17H25FN2O3. The lowest BCUT2D eigenvalue weighted by molar-refractivity contribution is -0.140. The van der Waals surface area contributed by atoms with E-state index in [2.05, 4.69) is 10.6 Å². The number of hydrogen-bond donors (Lipinski definition) is 3. The minimum absolute atomic E-state index is 0.235. The fourth-order valence-electron chi connectivity index (χ4n) is 2.59. The van der Waals surface area contributed by atoms with Crippen molar-refractivity contribution in [1.29, 1.82) is 0 Å². The first-order valence-electron chi connectivity index (χ1n) is 8.14. The molecule has 23 heavy (non-hydrogen) atoms. The van der Waals surface area contributed by atoms with Crippen LogP contribution in [0, 0.1) is 11.7 Å². The fourth-order valence-corrected chi connectivity index (χ4v) is 2.59. The first-order chi connectivity index (χ1) is 11.1. The van der Waals surface area contributed by atoms with Crippen molar-refractivity contribution in [3.63, 3.8) is 0 Å². The van der Waals surface area contributed by atoms with Crippen LogP contribution in [0.3, 0.4) is 0 Å². The van der Waals surface area contributed by atoms with Crippen LogP contribution < -0.4 is 15.4 Å². The summed E-state index contributed by atoms with van der Waals surface area (Å²) in [5.41, 5.74) is 0.971. The molecule has 3 N–H and O–H groups in total. The van der Waals surface area contributed by atoms with Gasteiger partial charge in [-0.2, -0.15) is 0 Å². The van der Waals surface area contributed by atoms with Crippen LogP contribution in [0.5, 0.6) is 5.75 Å². The maximum atomic E-state index is 13.4. The van der Waals surface area contributed by atoms with Crippen LogP contribution in [0.4, 0.5) is 4.39 Å². The second-order valence-electron chi connectivity index (χ2n) is 5.92. The number of carboxylic acid groups (broad SMARTS) is 1. The number of hydrogen-bond acceptors (Lipinski definition) is 4. The summed E-state index contributed by atoms with van der Waals surface area (Å²) >= 11 is 0. The smallest absolute Gasteiger partial charge is 0.320 e. The van der Waals surface area contributed by atoms with E-state index in [1.165, 1.54) is 12.1 Å². The third-order valence-electron chi connectivity index (χ3n) is 3.99. The monoisotopic (exact) mass is 324 g/mol. The zero-order valence-corrected chi connectivity index (χ0v) is 13.5. The van der Waals surface area contributed by atoms with Gasteiger partial charge in [-0.1, -0.05) is 6.07 Å². The molecule has 1 aliphatic carbocycles. The molecule has 1 atom stereocenters. The number of benzene rings is 1. The molecule has 0 amide bonds. The summed E-state index contributed by atoms with van der Waals surface area (Å²) in [5.74, 6) is -0.363. The van der Waals surface area contributed by atoms with Gasteiger partial charge in [-0.25, -0.2) is 4.39 Å². The Morgan fingerprint density at radius 1 is 1.43 bits per heavy atom. The average Bonchev–Trinajstić information content (AvgIpc) is 3.33. The Labute approximate surface area is 136 Å². The minimum Gasteiger partial charge on any atom is -0.492 e. The van der Waals surface area contributed by atoms with Crippen molar-refractivity contribution >= 4 is 5.97 Å². The number of nitrogens with one attached hydrogen (secondary N) is 2. The molecule has 1 aromatic carbocycles. The lowest BCUT2D eigenvalue weighted by Crippen LogP contribution is -2.40. The van der Waals surface area contributed by atoms with Crippen molar-refractivity contribution in [3.05, 3.63) is 29.6 Å². The van der Waals surface area contributed by atoms with Gasteiger partial charge < -0.3 is 20.5 Å². The molecule has 128 valence electrons. The van der Waals surface area contributed by atoms with Crippen LogP contribution in [-0.4, -0.2) is 43.9 Å². The quantitative estimate of drug-likeness (QED) is 0.542. The molecule has 6 heteroatoms. The maximum Gasteiger partial charge on any atom is 0.320 e. The van der Waals surface area contributed by atoms with Gasteiger partial charge in [0.05, 0.1) is 0 Å². The van der Waals surface area contributed by atoms with E-state index < -0.39 is 12.0 Å². The van der Waals surface area contributed by atoms with Crippen LogP contribution in [0.2, 0.25) is 0 Å². The molecule has 1 fully saturated rings. The maximum absolute atomic E-state index is 13.4. The van der Waals surface area contributed by atoms with E-state index >= 15 is 0 Å². The topological polar surface area (TPSA) is 70.6 Å². The summed E-state index contributed by atoms with van der Waals surface area (Å²) in [6.45, 7) is 1.64. The Hall–Kier alpha value is -1.66. The predicted molar refractivity (Wildman–Crippen MR) is 86.3 cm³/mol. The van der Waals surface area contributed by atoms with E-state index in [0.717, 1.165) is 37.8 Å².